The maximum Gasteiger partial charge on any atom is 0.191 e. The second-order valence-corrected chi connectivity index (χ2v) is 7.44. The van der Waals surface area contributed by atoms with Gasteiger partial charge < -0.3 is 24.8 Å². The summed E-state index contributed by atoms with van der Waals surface area (Å²) in [5.41, 5.74) is 0. The Morgan fingerprint density at radius 2 is 1.88 bits per heavy atom. The minimum atomic E-state index is 0.612. The van der Waals surface area contributed by atoms with Crippen molar-refractivity contribution in [1.29, 1.82) is 0 Å². The third-order valence-electron chi connectivity index (χ3n) is 4.03. The van der Waals surface area contributed by atoms with Crippen LogP contribution < -0.4 is 24.8 Å². The first-order chi connectivity index (χ1) is 12.7. The Kier molecular flexibility index (Phi) is 9.31. The molecule has 1 heterocycles. The SMILES string of the molecule is CCNC(=NCC1CCCS1)NCCCOc1cc(OC)cc(OC)c1. The quantitative estimate of drug-likeness (QED) is 0.369. The highest BCUT2D eigenvalue weighted by Gasteiger charge is 2.14. The molecule has 1 saturated heterocycles. The number of nitrogens with one attached hydrogen (secondary N) is 2. The first-order valence-corrected chi connectivity index (χ1v) is 10.3. The van der Waals surface area contributed by atoms with Gasteiger partial charge in [0.15, 0.2) is 5.96 Å². The van der Waals surface area contributed by atoms with E-state index in [1.54, 1.807) is 14.2 Å². The molecule has 0 bridgehead atoms. The fourth-order valence-corrected chi connectivity index (χ4v) is 3.84. The first-order valence-electron chi connectivity index (χ1n) is 9.24. The highest BCUT2D eigenvalue weighted by molar-refractivity contribution is 8.00. The lowest BCUT2D eigenvalue weighted by Crippen LogP contribution is -2.38. The molecule has 6 nitrogen and oxygen atoms in total. The maximum atomic E-state index is 5.81. The van der Waals surface area contributed by atoms with Gasteiger partial charge in [0, 0.05) is 36.5 Å². The van der Waals surface area contributed by atoms with Crippen molar-refractivity contribution in [3.63, 3.8) is 0 Å². The molecule has 0 spiro atoms. The van der Waals surface area contributed by atoms with E-state index in [-0.39, 0.29) is 0 Å². The molecule has 7 heteroatoms. The lowest BCUT2D eigenvalue weighted by molar-refractivity contribution is 0.305. The second-order valence-electron chi connectivity index (χ2n) is 6.03. The third kappa shape index (κ3) is 7.23. The maximum absolute atomic E-state index is 5.81. The molecule has 1 aliphatic rings. The van der Waals surface area contributed by atoms with Gasteiger partial charge in [0.1, 0.15) is 17.2 Å². The molecule has 0 saturated carbocycles. The summed E-state index contributed by atoms with van der Waals surface area (Å²) in [5.74, 6) is 4.37. The van der Waals surface area contributed by atoms with Gasteiger partial charge in [-0.2, -0.15) is 11.8 Å². The zero-order valence-electron chi connectivity index (χ0n) is 16.0. The monoisotopic (exact) mass is 381 g/mol. The van der Waals surface area contributed by atoms with Crippen molar-refractivity contribution in [2.24, 2.45) is 4.99 Å². The molecule has 0 amide bonds. The summed E-state index contributed by atoms with van der Waals surface area (Å²) in [6.45, 7) is 5.26. The van der Waals surface area contributed by atoms with Gasteiger partial charge in [-0.05, 0) is 31.9 Å². The van der Waals surface area contributed by atoms with E-state index in [2.05, 4.69) is 17.6 Å². The predicted molar refractivity (Wildman–Crippen MR) is 109 cm³/mol. The lowest BCUT2D eigenvalue weighted by Gasteiger charge is -2.13. The van der Waals surface area contributed by atoms with Crippen LogP contribution in [0.4, 0.5) is 0 Å². The normalized spacial score (nSPS) is 17.0. The fourth-order valence-electron chi connectivity index (χ4n) is 2.66. The van der Waals surface area contributed by atoms with Crippen molar-refractivity contribution in [1.82, 2.24) is 10.6 Å². The molecule has 1 aliphatic heterocycles. The van der Waals surface area contributed by atoms with Gasteiger partial charge in [-0.25, -0.2) is 0 Å². The molecule has 1 atom stereocenters. The number of hydrogen-bond donors (Lipinski definition) is 2. The lowest BCUT2D eigenvalue weighted by atomic mass is 10.2. The fraction of sp³-hybridized carbons (Fsp3) is 0.632. The van der Waals surface area contributed by atoms with Crippen LogP contribution in [0.3, 0.4) is 0 Å². The van der Waals surface area contributed by atoms with Crippen LogP contribution in [0.15, 0.2) is 23.2 Å². The van der Waals surface area contributed by atoms with Crippen LogP contribution in [0, 0.1) is 0 Å². The summed E-state index contributed by atoms with van der Waals surface area (Å²) in [6, 6.07) is 5.55. The van der Waals surface area contributed by atoms with Crippen LogP contribution in [0.25, 0.3) is 0 Å². The molecular weight excluding hydrogens is 350 g/mol. The summed E-state index contributed by atoms with van der Waals surface area (Å²) in [4.78, 5) is 4.70. The highest BCUT2D eigenvalue weighted by Crippen LogP contribution is 2.27. The first kappa shape index (κ1) is 20.6. The van der Waals surface area contributed by atoms with Crippen LogP contribution in [0.5, 0.6) is 17.2 Å². The van der Waals surface area contributed by atoms with Gasteiger partial charge in [-0.15, -0.1) is 0 Å². The molecule has 0 aromatic heterocycles. The molecule has 0 aliphatic carbocycles. The Balaban J connectivity index is 1.71. The Labute approximate surface area is 161 Å². The molecule has 1 aromatic rings. The van der Waals surface area contributed by atoms with Crippen molar-refractivity contribution in [2.45, 2.75) is 31.4 Å². The van der Waals surface area contributed by atoms with Crippen molar-refractivity contribution in [3.05, 3.63) is 18.2 Å². The summed E-state index contributed by atoms with van der Waals surface area (Å²) in [5, 5.41) is 7.35. The van der Waals surface area contributed by atoms with Gasteiger partial charge >= 0.3 is 0 Å². The summed E-state index contributed by atoms with van der Waals surface area (Å²) in [7, 11) is 3.27. The Hall–Kier alpha value is -1.76. The number of aliphatic imine (C=N–C) groups is 1. The second kappa shape index (κ2) is 11.8. The Morgan fingerprint density at radius 1 is 1.15 bits per heavy atom. The van der Waals surface area contributed by atoms with Crippen molar-refractivity contribution in [3.8, 4) is 17.2 Å². The van der Waals surface area contributed by atoms with Crippen LogP contribution >= 0.6 is 11.8 Å². The minimum absolute atomic E-state index is 0.612. The van der Waals surface area contributed by atoms with Gasteiger partial charge in [0.25, 0.3) is 0 Å². The van der Waals surface area contributed by atoms with E-state index in [1.165, 1.54) is 18.6 Å². The zero-order chi connectivity index (χ0) is 18.6. The number of hydrogen-bond acceptors (Lipinski definition) is 5. The molecule has 146 valence electrons. The van der Waals surface area contributed by atoms with E-state index in [4.69, 9.17) is 19.2 Å². The number of methoxy groups -OCH3 is 2. The van der Waals surface area contributed by atoms with Gasteiger partial charge in [0.2, 0.25) is 0 Å². The van der Waals surface area contributed by atoms with Crippen LogP contribution in [-0.2, 0) is 0 Å². The number of benzene rings is 1. The average molecular weight is 382 g/mol. The molecule has 1 unspecified atom stereocenters. The van der Waals surface area contributed by atoms with E-state index in [1.807, 2.05) is 30.0 Å². The van der Waals surface area contributed by atoms with E-state index in [0.717, 1.165) is 49.3 Å². The molecule has 1 aromatic carbocycles. The Morgan fingerprint density at radius 3 is 2.50 bits per heavy atom. The predicted octanol–water partition coefficient (Wildman–Crippen LogP) is 2.92. The zero-order valence-corrected chi connectivity index (χ0v) is 16.9. The van der Waals surface area contributed by atoms with E-state index in [9.17, 15) is 0 Å². The number of ether oxygens (including phenoxy) is 3. The Bertz CT molecular complexity index is 541. The van der Waals surface area contributed by atoms with Gasteiger partial charge in [0.05, 0.1) is 27.4 Å². The van der Waals surface area contributed by atoms with Crippen molar-refractivity contribution in [2.75, 3.05) is 46.2 Å². The molecular formula is C19H31N3O3S. The standard InChI is InChI=1S/C19H31N3O3S/c1-4-20-19(22-14-18-7-5-10-26-18)21-8-6-9-25-17-12-15(23-2)11-16(13-17)24-3/h11-13,18H,4-10,14H2,1-3H3,(H2,20,21,22). The molecule has 1 fully saturated rings. The smallest absolute Gasteiger partial charge is 0.191 e. The summed E-state index contributed by atoms with van der Waals surface area (Å²) in [6.07, 6.45) is 3.48. The number of guanidine groups is 1. The van der Waals surface area contributed by atoms with Crippen LogP contribution in [0.2, 0.25) is 0 Å². The van der Waals surface area contributed by atoms with Gasteiger partial charge in [-0.1, -0.05) is 0 Å². The third-order valence-corrected chi connectivity index (χ3v) is 5.41. The van der Waals surface area contributed by atoms with Crippen molar-refractivity contribution < 1.29 is 14.2 Å². The van der Waals surface area contributed by atoms with Crippen molar-refractivity contribution >= 4 is 17.7 Å². The topological polar surface area (TPSA) is 64.1 Å². The van der Waals surface area contributed by atoms with E-state index < -0.39 is 0 Å². The van der Waals surface area contributed by atoms with E-state index >= 15 is 0 Å². The molecule has 0 radical (unpaired) electrons. The average Bonchev–Trinajstić information content (AvgIpc) is 3.19. The number of nitrogens with zero attached hydrogens (tertiary/aromatic N) is 1. The highest BCUT2D eigenvalue weighted by atomic mass is 32.2. The molecule has 2 rings (SSSR count). The summed E-state index contributed by atoms with van der Waals surface area (Å²) >= 11 is 2.03. The van der Waals surface area contributed by atoms with Crippen LogP contribution in [-0.4, -0.2) is 57.4 Å². The van der Waals surface area contributed by atoms with Gasteiger partial charge in [-0.3, -0.25) is 4.99 Å². The largest absolute Gasteiger partial charge is 0.496 e. The minimum Gasteiger partial charge on any atom is -0.496 e. The molecule has 26 heavy (non-hydrogen) atoms. The number of rotatable bonds is 10. The summed E-state index contributed by atoms with van der Waals surface area (Å²) < 4.78 is 16.3. The number of thioether (sulfide) groups is 1. The van der Waals surface area contributed by atoms with E-state index in [0.29, 0.717) is 11.9 Å². The molecule has 2 N–H and O–H groups in total. The van der Waals surface area contributed by atoms with Crippen LogP contribution in [0.1, 0.15) is 26.2 Å².